The van der Waals surface area contributed by atoms with Crippen LogP contribution < -0.4 is 5.32 Å². The highest BCUT2D eigenvalue weighted by Gasteiger charge is 2.20. The van der Waals surface area contributed by atoms with Gasteiger partial charge in [-0.05, 0) is 51.2 Å². The van der Waals surface area contributed by atoms with Gasteiger partial charge in [0.05, 0.1) is 5.60 Å². The molecule has 1 unspecified atom stereocenters. The van der Waals surface area contributed by atoms with E-state index in [4.69, 9.17) is 11.6 Å². The zero-order chi connectivity index (χ0) is 13.8. The van der Waals surface area contributed by atoms with E-state index in [1.54, 1.807) is 0 Å². The first-order valence-electron chi connectivity index (χ1n) is 6.13. The van der Waals surface area contributed by atoms with Gasteiger partial charge in [0, 0.05) is 24.7 Å². The molecule has 0 spiro atoms. The van der Waals surface area contributed by atoms with Gasteiger partial charge < -0.3 is 15.3 Å². The highest BCUT2D eigenvalue weighted by molar-refractivity contribution is 6.30. The predicted octanol–water partition coefficient (Wildman–Crippen LogP) is 2.05. The number of halogens is 1. The SMILES string of the molecule is Cc1cc(Cl)ccc1CNCC(C)(O)CN(C)C. The molecule has 4 heteroatoms. The maximum absolute atomic E-state index is 10.2. The number of rotatable bonds is 6. The monoisotopic (exact) mass is 270 g/mol. The Morgan fingerprint density at radius 2 is 2.06 bits per heavy atom. The van der Waals surface area contributed by atoms with Crippen molar-refractivity contribution in [2.24, 2.45) is 0 Å². The quantitative estimate of drug-likeness (QED) is 0.831. The summed E-state index contributed by atoms with van der Waals surface area (Å²) in [6, 6.07) is 5.87. The molecule has 0 heterocycles. The molecule has 1 rings (SSSR count). The summed E-state index contributed by atoms with van der Waals surface area (Å²) in [5, 5.41) is 14.2. The van der Waals surface area contributed by atoms with Crippen LogP contribution in [0.1, 0.15) is 18.1 Å². The van der Waals surface area contributed by atoms with E-state index in [0.717, 1.165) is 11.6 Å². The third kappa shape index (κ3) is 5.36. The Bertz CT molecular complexity index is 391. The maximum atomic E-state index is 10.2. The van der Waals surface area contributed by atoms with E-state index in [2.05, 4.69) is 5.32 Å². The number of nitrogens with one attached hydrogen (secondary N) is 1. The molecular formula is C14H23ClN2O. The molecular weight excluding hydrogens is 248 g/mol. The van der Waals surface area contributed by atoms with Crippen LogP contribution in [-0.2, 0) is 6.54 Å². The minimum absolute atomic E-state index is 0.563. The first kappa shape index (κ1) is 15.4. The summed E-state index contributed by atoms with van der Waals surface area (Å²) >= 11 is 5.91. The topological polar surface area (TPSA) is 35.5 Å². The first-order valence-corrected chi connectivity index (χ1v) is 6.51. The zero-order valence-electron chi connectivity index (χ0n) is 11.6. The van der Waals surface area contributed by atoms with E-state index >= 15 is 0 Å². The van der Waals surface area contributed by atoms with E-state index in [9.17, 15) is 5.11 Å². The summed E-state index contributed by atoms with van der Waals surface area (Å²) in [5.41, 5.74) is 1.66. The second-order valence-corrected chi connectivity index (χ2v) is 5.85. The van der Waals surface area contributed by atoms with Crippen LogP contribution >= 0.6 is 11.6 Å². The molecule has 0 aliphatic carbocycles. The summed E-state index contributed by atoms with van der Waals surface area (Å²) in [5.74, 6) is 0. The van der Waals surface area contributed by atoms with E-state index in [0.29, 0.717) is 13.1 Å². The fourth-order valence-electron chi connectivity index (χ4n) is 2.06. The van der Waals surface area contributed by atoms with Gasteiger partial charge in [-0.25, -0.2) is 0 Å². The van der Waals surface area contributed by atoms with Crippen molar-refractivity contribution in [3.63, 3.8) is 0 Å². The Balaban J connectivity index is 2.46. The Kier molecular flexibility index (Phi) is 5.60. The molecule has 18 heavy (non-hydrogen) atoms. The van der Waals surface area contributed by atoms with Gasteiger partial charge in [-0.2, -0.15) is 0 Å². The summed E-state index contributed by atoms with van der Waals surface area (Å²) in [6.45, 7) is 5.83. The van der Waals surface area contributed by atoms with Crippen LogP contribution in [0.2, 0.25) is 5.02 Å². The minimum atomic E-state index is -0.718. The number of nitrogens with zero attached hydrogens (tertiary/aromatic N) is 1. The molecule has 0 bridgehead atoms. The number of aryl methyl sites for hydroxylation is 1. The highest BCUT2D eigenvalue weighted by Crippen LogP contribution is 2.15. The largest absolute Gasteiger partial charge is 0.388 e. The van der Waals surface area contributed by atoms with Gasteiger partial charge in [0.15, 0.2) is 0 Å². The summed E-state index contributed by atoms with van der Waals surface area (Å²) in [7, 11) is 3.91. The Hall–Kier alpha value is -0.610. The lowest BCUT2D eigenvalue weighted by Gasteiger charge is -2.27. The van der Waals surface area contributed by atoms with Crippen LogP contribution in [0.15, 0.2) is 18.2 Å². The van der Waals surface area contributed by atoms with Crippen molar-refractivity contribution in [1.82, 2.24) is 10.2 Å². The number of aliphatic hydroxyl groups is 1. The van der Waals surface area contributed by atoms with E-state index < -0.39 is 5.60 Å². The third-order valence-corrected chi connectivity index (χ3v) is 3.02. The number of hydrogen-bond donors (Lipinski definition) is 2. The molecule has 2 N–H and O–H groups in total. The molecule has 0 aromatic heterocycles. The van der Waals surface area contributed by atoms with Crippen molar-refractivity contribution in [3.8, 4) is 0 Å². The standard InChI is InChI=1S/C14H23ClN2O/c1-11-7-13(15)6-5-12(11)8-16-9-14(2,18)10-17(3)4/h5-7,16,18H,8-10H2,1-4H3. The number of benzene rings is 1. The van der Waals surface area contributed by atoms with Gasteiger partial charge >= 0.3 is 0 Å². The van der Waals surface area contributed by atoms with Crippen molar-refractivity contribution in [2.45, 2.75) is 26.0 Å². The summed E-state index contributed by atoms with van der Waals surface area (Å²) in [6.07, 6.45) is 0. The summed E-state index contributed by atoms with van der Waals surface area (Å²) in [4.78, 5) is 1.98. The van der Waals surface area contributed by atoms with Crippen molar-refractivity contribution >= 4 is 11.6 Å². The molecule has 0 saturated heterocycles. The average Bonchev–Trinajstić information content (AvgIpc) is 2.19. The van der Waals surface area contributed by atoms with Gasteiger partial charge in [-0.1, -0.05) is 17.7 Å². The molecule has 0 amide bonds. The number of likely N-dealkylation sites (N-methyl/N-ethyl adjacent to an activating group) is 1. The molecule has 0 saturated carbocycles. The molecule has 0 fully saturated rings. The molecule has 1 atom stereocenters. The Morgan fingerprint density at radius 3 is 2.61 bits per heavy atom. The first-order chi connectivity index (χ1) is 8.30. The molecule has 0 radical (unpaired) electrons. The normalized spacial score (nSPS) is 14.8. The predicted molar refractivity (Wildman–Crippen MR) is 77.1 cm³/mol. The Labute approximate surface area is 115 Å². The van der Waals surface area contributed by atoms with Crippen molar-refractivity contribution in [3.05, 3.63) is 34.3 Å². The number of hydrogen-bond acceptors (Lipinski definition) is 3. The van der Waals surface area contributed by atoms with Crippen molar-refractivity contribution in [1.29, 1.82) is 0 Å². The Morgan fingerprint density at radius 1 is 1.39 bits per heavy atom. The van der Waals surface area contributed by atoms with E-state index in [1.807, 2.05) is 51.0 Å². The molecule has 0 aliphatic rings. The van der Waals surface area contributed by atoms with Crippen LogP contribution in [0.25, 0.3) is 0 Å². The van der Waals surface area contributed by atoms with Crippen molar-refractivity contribution in [2.75, 3.05) is 27.2 Å². The fourth-order valence-corrected chi connectivity index (χ4v) is 2.29. The lowest BCUT2D eigenvalue weighted by molar-refractivity contribution is 0.0336. The van der Waals surface area contributed by atoms with Gasteiger partial charge in [-0.3, -0.25) is 0 Å². The molecule has 1 aromatic rings. The van der Waals surface area contributed by atoms with E-state index in [1.165, 1.54) is 11.1 Å². The van der Waals surface area contributed by atoms with Gasteiger partial charge in [0.2, 0.25) is 0 Å². The molecule has 102 valence electrons. The molecule has 3 nitrogen and oxygen atoms in total. The second-order valence-electron chi connectivity index (χ2n) is 5.41. The fraction of sp³-hybridized carbons (Fsp3) is 0.571. The maximum Gasteiger partial charge on any atom is 0.0869 e. The van der Waals surface area contributed by atoms with Crippen LogP contribution in [0.3, 0.4) is 0 Å². The smallest absolute Gasteiger partial charge is 0.0869 e. The third-order valence-electron chi connectivity index (χ3n) is 2.78. The van der Waals surface area contributed by atoms with Gasteiger partial charge in [0.1, 0.15) is 0 Å². The molecule has 0 aliphatic heterocycles. The minimum Gasteiger partial charge on any atom is -0.388 e. The van der Waals surface area contributed by atoms with E-state index in [-0.39, 0.29) is 0 Å². The van der Waals surface area contributed by atoms with Crippen LogP contribution in [0.4, 0.5) is 0 Å². The second kappa shape index (κ2) is 6.53. The van der Waals surface area contributed by atoms with Gasteiger partial charge in [-0.15, -0.1) is 0 Å². The van der Waals surface area contributed by atoms with Crippen molar-refractivity contribution < 1.29 is 5.11 Å². The molecule has 1 aromatic carbocycles. The van der Waals surface area contributed by atoms with Crippen LogP contribution in [0.5, 0.6) is 0 Å². The van der Waals surface area contributed by atoms with Crippen LogP contribution in [0, 0.1) is 6.92 Å². The summed E-state index contributed by atoms with van der Waals surface area (Å²) < 4.78 is 0. The zero-order valence-corrected chi connectivity index (χ0v) is 12.4. The van der Waals surface area contributed by atoms with Gasteiger partial charge in [0.25, 0.3) is 0 Å². The van der Waals surface area contributed by atoms with Crippen LogP contribution in [-0.4, -0.2) is 42.8 Å². The average molecular weight is 271 g/mol. The lowest BCUT2D eigenvalue weighted by Crippen LogP contribution is -2.45. The lowest BCUT2D eigenvalue weighted by atomic mass is 10.1. The highest BCUT2D eigenvalue weighted by atomic mass is 35.5.